The highest BCUT2D eigenvalue weighted by molar-refractivity contribution is 5.94. The molecule has 29 heavy (non-hydrogen) atoms. The molecule has 0 spiro atoms. The van der Waals surface area contributed by atoms with Crippen LogP contribution in [0.2, 0.25) is 0 Å². The van der Waals surface area contributed by atoms with Gasteiger partial charge in [-0.2, -0.15) is 13.2 Å². The molecule has 0 radical (unpaired) electrons. The topological polar surface area (TPSA) is 51.1 Å². The van der Waals surface area contributed by atoms with E-state index >= 15 is 0 Å². The number of carbonyl (C=O) groups is 1. The van der Waals surface area contributed by atoms with Crippen molar-refractivity contribution in [2.45, 2.75) is 44.8 Å². The van der Waals surface area contributed by atoms with Gasteiger partial charge >= 0.3 is 6.18 Å². The molecule has 4 nitrogen and oxygen atoms in total. The first-order chi connectivity index (χ1) is 13.7. The molecule has 154 valence electrons. The third-order valence-corrected chi connectivity index (χ3v) is 6.42. The Hall–Kier alpha value is -2.57. The normalized spacial score (nSPS) is 24.5. The number of carbonyl (C=O) groups excluding carboxylic acids is 1. The summed E-state index contributed by atoms with van der Waals surface area (Å²) in [6.45, 7) is 2.01. The Morgan fingerprint density at radius 3 is 2.62 bits per heavy atom. The monoisotopic (exact) mass is 404 g/mol. The SMILES string of the molecule is CC(NC(=O)c1ccc(=O)n(-c2cccc(C(F)(F)F)c2)c1)C1CC2CCC1C2. The number of fused-ring (bicyclic) bond motifs is 2. The second kappa shape index (κ2) is 7.35. The number of rotatable bonds is 4. The summed E-state index contributed by atoms with van der Waals surface area (Å²) >= 11 is 0. The average Bonchev–Trinajstić information content (AvgIpc) is 3.31. The van der Waals surface area contributed by atoms with Gasteiger partial charge in [-0.1, -0.05) is 12.5 Å². The lowest BCUT2D eigenvalue weighted by Crippen LogP contribution is -2.40. The molecule has 4 rings (SSSR count). The maximum Gasteiger partial charge on any atom is 0.416 e. The Balaban J connectivity index is 1.55. The number of aromatic nitrogens is 1. The Morgan fingerprint density at radius 2 is 1.97 bits per heavy atom. The molecule has 2 bridgehead atoms. The molecule has 4 unspecified atom stereocenters. The molecular formula is C22H23F3N2O2. The van der Waals surface area contributed by atoms with Crippen LogP contribution in [0.5, 0.6) is 0 Å². The maximum absolute atomic E-state index is 13.0. The smallest absolute Gasteiger partial charge is 0.349 e. The van der Waals surface area contributed by atoms with Crippen LogP contribution in [-0.2, 0) is 6.18 Å². The number of pyridine rings is 1. The van der Waals surface area contributed by atoms with Gasteiger partial charge < -0.3 is 5.32 Å². The predicted octanol–water partition coefficient (Wildman–Crippen LogP) is 4.41. The zero-order chi connectivity index (χ0) is 20.8. The number of hydrogen-bond donors (Lipinski definition) is 1. The zero-order valence-corrected chi connectivity index (χ0v) is 16.1. The largest absolute Gasteiger partial charge is 0.416 e. The number of amides is 1. The number of hydrogen-bond acceptors (Lipinski definition) is 2. The molecular weight excluding hydrogens is 381 g/mol. The Morgan fingerprint density at radius 1 is 1.17 bits per heavy atom. The molecule has 0 saturated heterocycles. The summed E-state index contributed by atoms with van der Waals surface area (Å²) in [7, 11) is 0. The second-order valence-electron chi connectivity index (χ2n) is 8.27. The molecule has 2 aromatic rings. The van der Waals surface area contributed by atoms with E-state index in [2.05, 4.69) is 5.32 Å². The van der Waals surface area contributed by atoms with Crippen LogP contribution in [0.3, 0.4) is 0 Å². The van der Waals surface area contributed by atoms with Gasteiger partial charge in [0.05, 0.1) is 11.1 Å². The number of nitrogens with zero attached hydrogens (tertiary/aromatic N) is 1. The van der Waals surface area contributed by atoms with Crippen LogP contribution in [0.1, 0.15) is 48.5 Å². The summed E-state index contributed by atoms with van der Waals surface area (Å²) in [5, 5.41) is 3.02. The molecule has 1 N–H and O–H groups in total. The summed E-state index contributed by atoms with van der Waals surface area (Å²) in [4.78, 5) is 25.0. The van der Waals surface area contributed by atoms with Gasteiger partial charge in [0.25, 0.3) is 11.5 Å². The fraction of sp³-hybridized carbons (Fsp3) is 0.455. The molecule has 7 heteroatoms. The van der Waals surface area contributed by atoms with E-state index in [0.717, 1.165) is 29.0 Å². The van der Waals surface area contributed by atoms with Crippen LogP contribution in [0, 0.1) is 17.8 Å². The van der Waals surface area contributed by atoms with Crippen molar-refractivity contribution in [1.29, 1.82) is 0 Å². The Bertz CT molecular complexity index is 983. The van der Waals surface area contributed by atoms with E-state index < -0.39 is 17.3 Å². The highest BCUT2D eigenvalue weighted by atomic mass is 19.4. The number of alkyl halides is 3. The zero-order valence-electron chi connectivity index (χ0n) is 16.1. The van der Waals surface area contributed by atoms with Crippen molar-refractivity contribution in [2.75, 3.05) is 0 Å². The van der Waals surface area contributed by atoms with Crippen molar-refractivity contribution in [1.82, 2.24) is 9.88 Å². The molecule has 2 fully saturated rings. The molecule has 1 aromatic heterocycles. The molecule has 4 atom stereocenters. The van der Waals surface area contributed by atoms with Gasteiger partial charge in [0.2, 0.25) is 0 Å². The number of nitrogens with one attached hydrogen (secondary N) is 1. The van der Waals surface area contributed by atoms with Gasteiger partial charge in [0.15, 0.2) is 0 Å². The third kappa shape index (κ3) is 3.95. The van der Waals surface area contributed by atoms with Gasteiger partial charge in [-0.3, -0.25) is 14.2 Å². The second-order valence-corrected chi connectivity index (χ2v) is 8.27. The molecule has 0 aliphatic heterocycles. The van der Waals surface area contributed by atoms with Crippen molar-refractivity contribution in [3.8, 4) is 5.69 Å². The lowest BCUT2D eigenvalue weighted by atomic mass is 9.84. The number of halogens is 3. The highest BCUT2D eigenvalue weighted by Crippen LogP contribution is 2.49. The number of benzene rings is 1. The first kappa shape index (κ1) is 19.7. The Kier molecular flexibility index (Phi) is 5.00. The van der Waals surface area contributed by atoms with Crippen LogP contribution >= 0.6 is 0 Å². The van der Waals surface area contributed by atoms with E-state index in [1.807, 2.05) is 6.92 Å². The first-order valence-electron chi connectivity index (χ1n) is 9.93. The maximum atomic E-state index is 13.0. The van der Waals surface area contributed by atoms with Crippen LogP contribution < -0.4 is 10.9 Å². The summed E-state index contributed by atoms with van der Waals surface area (Å²) in [5.74, 6) is 1.58. The van der Waals surface area contributed by atoms with E-state index in [1.54, 1.807) is 0 Å². The van der Waals surface area contributed by atoms with Crippen LogP contribution in [0.15, 0.2) is 47.4 Å². The minimum Gasteiger partial charge on any atom is -0.349 e. The van der Waals surface area contributed by atoms with Crippen molar-refractivity contribution in [3.63, 3.8) is 0 Å². The van der Waals surface area contributed by atoms with E-state index in [-0.39, 0.29) is 23.2 Å². The van der Waals surface area contributed by atoms with Crippen LogP contribution in [-0.4, -0.2) is 16.5 Å². The predicted molar refractivity (Wildman–Crippen MR) is 103 cm³/mol. The third-order valence-electron chi connectivity index (χ3n) is 6.42. The lowest BCUT2D eigenvalue weighted by Gasteiger charge is -2.28. The van der Waals surface area contributed by atoms with Gasteiger partial charge in [-0.25, -0.2) is 0 Å². The molecule has 1 aromatic carbocycles. The first-order valence-corrected chi connectivity index (χ1v) is 9.93. The van der Waals surface area contributed by atoms with Gasteiger partial charge in [0.1, 0.15) is 0 Å². The van der Waals surface area contributed by atoms with Gasteiger partial charge in [-0.05, 0) is 68.2 Å². The van der Waals surface area contributed by atoms with Crippen LogP contribution in [0.4, 0.5) is 13.2 Å². The van der Waals surface area contributed by atoms with Crippen molar-refractivity contribution in [2.24, 2.45) is 17.8 Å². The van der Waals surface area contributed by atoms with E-state index in [0.29, 0.717) is 11.8 Å². The average molecular weight is 404 g/mol. The summed E-state index contributed by atoms with van der Waals surface area (Å²) in [5.41, 5.74) is -1.03. The summed E-state index contributed by atoms with van der Waals surface area (Å²) in [6, 6.07) is 7.15. The van der Waals surface area contributed by atoms with Crippen molar-refractivity contribution >= 4 is 5.91 Å². The summed E-state index contributed by atoms with van der Waals surface area (Å²) < 4.78 is 40.1. The van der Waals surface area contributed by atoms with Gasteiger partial charge in [0, 0.05) is 24.0 Å². The van der Waals surface area contributed by atoms with E-state index in [9.17, 15) is 22.8 Å². The minimum absolute atomic E-state index is 0.0201. The molecule has 2 aliphatic carbocycles. The fourth-order valence-electron chi connectivity index (χ4n) is 4.96. The van der Waals surface area contributed by atoms with Crippen LogP contribution in [0.25, 0.3) is 5.69 Å². The molecule has 1 amide bonds. The quantitative estimate of drug-likeness (QED) is 0.821. The van der Waals surface area contributed by atoms with Crippen molar-refractivity contribution in [3.05, 3.63) is 64.1 Å². The van der Waals surface area contributed by atoms with Gasteiger partial charge in [-0.15, -0.1) is 0 Å². The molecule has 2 saturated carbocycles. The van der Waals surface area contributed by atoms with Crippen molar-refractivity contribution < 1.29 is 18.0 Å². The molecule has 1 heterocycles. The molecule has 2 aliphatic rings. The lowest BCUT2D eigenvalue weighted by molar-refractivity contribution is -0.137. The fourth-order valence-corrected chi connectivity index (χ4v) is 4.96. The Labute approximate surface area is 166 Å². The minimum atomic E-state index is -4.51. The van der Waals surface area contributed by atoms with E-state index in [1.165, 1.54) is 49.7 Å². The standard InChI is InChI=1S/C22H23F3N2O2/c1-13(19-10-14-5-6-15(19)9-14)26-21(29)16-7-8-20(28)27(12-16)18-4-2-3-17(11-18)22(23,24)25/h2-4,7-8,11-15,19H,5-6,9-10H2,1H3,(H,26,29). The summed E-state index contributed by atoms with van der Waals surface area (Å²) in [6.07, 6.45) is 1.67. The van der Waals surface area contributed by atoms with E-state index in [4.69, 9.17) is 0 Å². The highest BCUT2D eigenvalue weighted by Gasteiger charge is 2.42.